The molecule has 0 bridgehead atoms. The van der Waals surface area contributed by atoms with Gasteiger partial charge in [-0.2, -0.15) is 0 Å². The van der Waals surface area contributed by atoms with E-state index >= 15 is 0 Å². The van der Waals surface area contributed by atoms with Crippen molar-refractivity contribution < 1.29 is 19.1 Å². The molecule has 0 saturated heterocycles. The summed E-state index contributed by atoms with van der Waals surface area (Å²) in [6.07, 6.45) is 2.36. The Labute approximate surface area is 119 Å². The Kier molecular flexibility index (Phi) is 5.80. The van der Waals surface area contributed by atoms with Gasteiger partial charge in [0.2, 0.25) is 0 Å². The van der Waals surface area contributed by atoms with Crippen molar-refractivity contribution in [2.24, 2.45) is 5.92 Å². The van der Waals surface area contributed by atoms with Crippen LogP contribution in [0, 0.1) is 5.92 Å². The van der Waals surface area contributed by atoms with Crippen molar-refractivity contribution in [2.45, 2.75) is 53.0 Å². The van der Waals surface area contributed by atoms with Gasteiger partial charge in [0, 0.05) is 18.5 Å². The first-order valence-corrected chi connectivity index (χ1v) is 7.02. The molecule has 0 aliphatic heterocycles. The van der Waals surface area contributed by atoms with E-state index < -0.39 is 5.97 Å². The molecule has 1 unspecified atom stereocenters. The molecule has 0 aliphatic carbocycles. The molecule has 0 aromatic carbocycles. The summed E-state index contributed by atoms with van der Waals surface area (Å²) < 4.78 is 5.32. The number of hydrogen-bond acceptors (Lipinski definition) is 3. The fourth-order valence-corrected chi connectivity index (χ4v) is 1.93. The second-order valence-electron chi connectivity index (χ2n) is 5.45. The number of hydrogen-bond donors (Lipinski definition) is 2. The summed E-state index contributed by atoms with van der Waals surface area (Å²) in [5, 5.41) is 11.9. The predicted octanol–water partition coefficient (Wildman–Crippen LogP) is 3.09. The van der Waals surface area contributed by atoms with Crippen molar-refractivity contribution >= 4 is 11.9 Å². The normalized spacial score (nSPS) is 12.4. The van der Waals surface area contributed by atoms with Gasteiger partial charge in [-0.05, 0) is 25.7 Å². The highest BCUT2D eigenvalue weighted by molar-refractivity contribution is 5.96. The lowest BCUT2D eigenvalue weighted by Crippen LogP contribution is -2.32. The minimum atomic E-state index is -1.07. The summed E-state index contributed by atoms with van der Waals surface area (Å²) in [4.78, 5) is 23.0. The van der Waals surface area contributed by atoms with Crippen LogP contribution >= 0.6 is 0 Å². The minimum Gasteiger partial charge on any atom is -0.478 e. The highest BCUT2D eigenvalue weighted by atomic mass is 16.4. The third kappa shape index (κ3) is 4.40. The fourth-order valence-electron chi connectivity index (χ4n) is 1.93. The second-order valence-corrected chi connectivity index (χ2v) is 5.45. The smallest absolute Gasteiger partial charge is 0.339 e. The molecule has 1 heterocycles. The van der Waals surface area contributed by atoms with Gasteiger partial charge in [0.05, 0.1) is 0 Å². The van der Waals surface area contributed by atoms with Crippen LogP contribution in [0.1, 0.15) is 67.2 Å². The topological polar surface area (TPSA) is 79.5 Å². The molecule has 1 rings (SSSR count). The number of carboxylic acid groups (broad SMARTS) is 1. The highest BCUT2D eigenvalue weighted by Crippen LogP contribution is 2.17. The molecule has 112 valence electrons. The summed E-state index contributed by atoms with van der Waals surface area (Å²) in [5.74, 6) is -0.447. The molecule has 20 heavy (non-hydrogen) atoms. The zero-order chi connectivity index (χ0) is 15.3. The average molecular weight is 281 g/mol. The standard InChI is InChI=1S/C15H23NO4/c1-5-12-11(15(18)19)8-13(20-12)14(17)16-10(4)7-6-9(2)3/h8-10H,5-7H2,1-4H3,(H,16,17)(H,18,19). The van der Waals surface area contributed by atoms with E-state index in [-0.39, 0.29) is 23.3 Å². The quantitative estimate of drug-likeness (QED) is 0.805. The zero-order valence-electron chi connectivity index (χ0n) is 12.5. The average Bonchev–Trinajstić information content (AvgIpc) is 2.80. The van der Waals surface area contributed by atoms with Gasteiger partial charge in [0.25, 0.3) is 5.91 Å². The van der Waals surface area contributed by atoms with Crippen LogP contribution in [0.15, 0.2) is 10.5 Å². The lowest BCUT2D eigenvalue weighted by molar-refractivity contribution is 0.0694. The molecule has 5 nitrogen and oxygen atoms in total. The Morgan fingerprint density at radius 1 is 1.30 bits per heavy atom. The first-order valence-electron chi connectivity index (χ1n) is 7.02. The van der Waals surface area contributed by atoms with Crippen molar-refractivity contribution in [1.29, 1.82) is 0 Å². The van der Waals surface area contributed by atoms with E-state index in [9.17, 15) is 9.59 Å². The third-order valence-corrected chi connectivity index (χ3v) is 3.14. The summed E-state index contributed by atoms with van der Waals surface area (Å²) >= 11 is 0. The molecule has 1 atom stereocenters. The van der Waals surface area contributed by atoms with Crippen LogP contribution in [0.3, 0.4) is 0 Å². The van der Waals surface area contributed by atoms with E-state index in [1.165, 1.54) is 6.07 Å². The van der Waals surface area contributed by atoms with Crippen LogP contribution in [0.25, 0.3) is 0 Å². The first-order chi connectivity index (χ1) is 9.35. The molecule has 0 aliphatic rings. The summed E-state index contributed by atoms with van der Waals surface area (Å²) in [6, 6.07) is 1.33. The number of aryl methyl sites for hydroxylation is 1. The van der Waals surface area contributed by atoms with Crippen LogP contribution in [0.4, 0.5) is 0 Å². The Bertz CT molecular complexity index is 476. The number of carboxylic acids is 1. The number of amides is 1. The number of carbonyl (C=O) groups excluding carboxylic acids is 1. The fraction of sp³-hybridized carbons (Fsp3) is 0.600. The minimum absolute atomic E-state index is 0.0355. The molecule has 1 aromatic rings. The number of rotatable bonds is 7. The van der Waals surface area contributed by atoms with Gasteiger partial charge in [0.1, 0.15) is 11.3 Å². The maximum atomic E-state index is 12.0. The van der Waals surface area contributed by atoms with Crippen molar-refractivity contribution in [3.05, 3.63) is 23.2 Å². The van der Waals surface area contributed by atoms with E-state index in [2.05, 4.69) is 19.2 Å². The maximum absolute atomic E-state index is 12.0. The van der Waals surface area contributed by atoms with Gasteiger partial charge in [0.15, 0.2) is 5.76 Å². The second kappa shape index (κ2) is 7.12. The van der Waals surface area contributed by atoms with Crippen LogP contribution in [-0.4, -0.2) is 23.0 Å². The summed E-state index contributed by atoms with van der Waals surface area (Å²) in [6.45, 7) is 7.99. The first kappa shape index (κ1) is 16.3. The number of carbonyl (C=O) groups is 2. The van der Waals surface area contributed by atoms with Crippen LogP contribution in [0.5, 0.6) is 0 Å². The van der Waals surface area contributed by atoms with Gasteiger partial charge in [-0.25, -0.2) is 4.79 Å². The highest BCUT2D eigenvalue weighted by Gasteiger charge is 2.20. The van der Waals surface area contributed by atoms with Gasteiger partial charge in [-0.3, -0.25) is 4.79 Å². The van der Waals surface area contributed by atoms with Gasteiger partial charge in [-0.15, -0.1) is 0 Å². The van der Waals surface area contributed by atoms with Crippen LogP contribution < -0.4 is 5.32 Å². The largest absolute Gasteiger partial charge is 0.478 e. The third-order valence-electron chi connectivity index (χ3n) is 3.14. The van der Waals surface area contributed by atoms with Crippen molar-refractivity contribution in [3.63, 3.8) is 0 Å². The molecule has 0 fully saturated rings. The van der Waals surface area contributed by atoms with Crippen LogP contribution in [0.2, 0.25) is 0 Å². The van der Waals surface area contributed by atoms with E-state index in [0.717, 1.165) is 12.8 Å². The molecule has 0 spiro atoms. The van der Waals surface area contributed by atoms with E-state index in [1.54, 1.807) is 6.92 Å². The zero-order valence-corrected chi connectivity index (χ0v) is 12.5. The predicted molar refractivity (Wildman–Crippen MR) is 76.0 cm³/mol. The lowest BCUT2D eigenvalue weighted by atomic mass is 10.0. The van der Waals surface area contributed by atoms with E-state index in [1.807, 2.05) is 6.92 Å². The van der Waals surface area contributed by atoms with Gasteiger partial charge >= 0.3 is 5.97 Å². The molecular weight excluding hydrogens is 258 g/mol. The van der Waals surface area contributed by atoms with Gasteiger partial charge < -0.3 is 14.8 Å². The molecular formula is C15H23NO4. The number of nitrogens with one attached hydrogen (secondary N) is 1. The Morgan fingerprint density at radius 3 is 2.40 bits per heavy atom. The molecule has 0 saturated carbocycles. The monoisotopic (exact) mass is 281 g/mol. The molecule has 1 amide bonds. The molecule has 5 heteroatoms. The molecule has 1 aromatic heterocycles. The summed E-state index contributed by atoms with van der Waals surface area (Å²) in [5.41, 5.74) is 0.0625. The Hall–Kier alpha value is -1.78. The van der Waals surface area contributed by atoms with E-state index in [0.29, 0.717) is 18.1 Å². The SMILES string of the molecule is CCc1oc(C(=O)NC(C)CCC(C)C)cc1C(=O)O. The van der Waals surface area contributed by atoms with Crippen molar-refractivity contribution in [2.75, 3.05) is 0 Å². The Balaban J connectivity index is 2.70. The Morgan fingerprint density at radius 2 is 1.95 bits per heavy atom. The van der Waals surface area contributed by atoms with E-state index in [4.69, 9.17) is 9.52 Å². The van der Waals surface area contributed by atoms with Crippen molar-refractivity contribution in [3.8, 4) is 0 Å². The lowest BCUT2D eigenvalue weighted by Gasteiger charge is -2.14. The maximum Gasteiger partial charge on any atom is 0.339 e. The number of aromatic carboxylic acids is 1. The van der Waals surface area contributed by atoms with Crippen molar-refractivity contribution in [1.82, 2.24) is 5.32 Å². The number of furan rings is 1. The molecule has 0 radical (unpaired) electrons. The van der Waals surface area contributed by atoms with Crippen LogP contribution in [-0.2, 0) is 6.42 Å². The summed E-state index contributed by atoms with van der Waals surface area (Å²) in [7, 11) is 0. The molecule has 2 N–H and O–H groups in total. The van der Waals surface area contributed by atoms with Gasteiger partial charge in [-0.1, -0.05) is 20.8 Å².